The van der Waals surface area contributed by atoms with E-state index in [1.54, 1.807) is 42.5 Å². The fourth-order valence-corrected chi connectivity index (χ4v) is 3.58. The highest BCUT2D eigenvalue weighted by molar-refractivity contribution is 9.10. The molecule has 0 atom stereocenters. The van der Waals surface area contributed by atoms with Crippen molar-refractivity contribution in [1.82, 2.24) is 5.32 Å². The summed E-state index contributed by atoms with van der Waals surface area (Å²) in [5.41, 5.74) is 3.24. The number of aryl methyl sites for hydroxylation is 1. The largest absolute Gasteiger partial charge is 0.493 e. The van der Waals surface area contributed by atoms with Crippen LogP contribution in [0.3, 0.4) is 0 Å². The van der Waals surface area contributed by atoms with Gasteiger partial charge in [-0.2, -0.15) is 0 Å². The van der Waals surface area contributed by atoms with E-state index >= 15 is 0 Å². The zero-order valence-corrected chi connectivity index (χ0v) is 20.7. The summed E-state index contributed by atoms with van der Waals surface area (Å²) in [5.74, 6) is -0.0529. The highest BCUT2D eigenvalue weighted by Crippen LogP contribution is 2.23. The number of amides is 2. The Kier molecular flexibility index (Phi) is 8.57. The Hall–Kier alpha value is -3.23. The molecule has 0 unspecified atom stereocenters. The Labute approximate surface area is 206 Å². The van der Waals surface area contributed by atoms with Crippen molar-refractivity contribution in [3.63, 3.8) is 0 Å². The van der Waals surface area contributed by atoms with E-state index in [9.17, 15) is 9.59 Å². The molecule has 0 aliphatic carbocycles. The fourth-order valence-electron chi connectivity index (χ4n) is 3.01. The highest BCUT2D eigenvalue weighted by Gasteiger charge is 2.15. The van der Waals surface area contributed by atoms with E-state index in [1.807, 2.05) is 38.1 Å². The molecular formula is C25H24BrN3O3S. The first kappa shape index (κ1) is 24.4. The number of hydrogen-bond donors (Lipinski definition) is 3. The second-order valence-electron chi connectivity index (χ2n) is 7.24. The summed E-state index contributed by atoms with van der Waals surface area (Å²) in [6, 6.07) is 19.7. The van der Waals surface area contributed by atoms with Crippen LogP contribution in [0.15, 0.2) is 71.2 Å². The van der Waals surface area contributed by atoms with Crippen LogP contribution in [0.1, 0.15) is 39.6 Å². The van der Waals surface area contributed by atoms with Crippen molar-refractivity contribution >= 4 is 56.4 Å². The third-order valence-electron chi connectivity index (χ3n) is 4.67. The summed E-state index contributed by atoms with van der Waals surface area (Å²) in [5, 5.41) is 8.67. The van der Waals surface area contributed by atoms with Crippen LogP contribution in [-0.4, -0.2) is 23.5 Å². The summed E-state index contributed by atoms with van der Waals surface area (Å²) in [6.07, 6.45) is 0.832. The van der Waals surface area contributed by atoms with Crippen molar-refractivity contribution < 1.29 is 14.3 Å². The molecule has 0 saturated heterocycles. The molecular weight excluding hydrogens is 502 g/mol. The summed E-state index contributed by atoms with van der Waals surface area (Å²) in [7, 11) is 0. The summed E-state index contributed by atoms with van der Waals surface area (Å²) < 4.78 is 6.43. The van der Waals surface area contributed by atoms with Gasteiger partial charge >= 0.3 is 0 Å². The average molecular weight is 526 g/mol. The minimum absolute atomic E-state index is 0.151. The summed E-state index contributed by atoms with van der Waals surface area (Å²) >= 11 is 8.67. The maximum Gasteiger partial charge on any atom is 0.261 e. The molecule has 0 bridgehead atoms. The van der Waals surface area contributed by atoms with Crippen LogP contribution in [0.25, 0.3) is 0 Å². The number of rotatable bonds is 7. The van der Waals surface area contributed by atoms with Crippen LogP contribution in [-0.2, 0) is 0 Å². The molecule has 3 N–H and O–H groups in total. The molecule has 3 aromatic carbocycles. The minimum Gasteiger partial charge on any atom is -0.493 e. The Morgan fingerprint density at radius 3 is 2.24 bits per heavy atom. The minimum atomic E-state index is -0.373. The van der Waals surface area contributed by atoms with Gasteiger partial charge in [-0.05, 0) is 79.7 Å². The van der Waals surface area contributed by atoms with E-state index in [0.29, 0.717) is 34.9 Å². The van der Waals surface area contributed by atoms with Gasteiger partial charge in [-0.25, -0.2) is 0 Å². The van der Waals surface area contributed by atoms with Crippen molar-refractivity contribution in [3.05, 3.63) is 87.9 Å². The van der Waals surface area contributed by atoms with Gasteiger partial charge in [0.1, 0.15) is 5.75 Å². The number of benzene rings is 3. The first-order chi connectivity index (χ1) is 15.9. The first-order valence-electron chi connectivity index (χ1n) is 10.4. The van der Waals surface area contributed by atoms with Crippen molar-refractivity contribution in [3.8, 4) is 5.75 Å². The van der Waals surface area contributed by atoms with Gasteiger partial charge in [0, 0.05) is 21.4 Å². The SMILES string of the molecule is CCCOc1ccc(Br)cc1C(=O)NC(=S)Nc1ccc(NC(=O)c2ccccc2C)cc1. The van der Waals surface area contributed by atoms with E-state index in [4.69, 9.17) is 17.0 Å². The molecule has 3 aromatic rings. The summed E-state index contributed by atoms with van der Waals surface area (Å²) in [6.45, 7) is 4.40. The third-order valence-corrected chi connectivity index (χ3v) is 5.36. The van der Waals surface area contributed by atoms with Crippen LogP contribution in [0, 0.1) is 6.92 Å². The molecule has 6 nitrogen and oxygen atoms in total. The van der Waals surface area contributed by atoms with Crippen molar-refractivity contribution in [1.29, 1.82) is 0 Å². The molecule has 0 spiro atoms. The molecule has 0 fully saturated rings. The van der Waals surface area contributed by atoms with E-state index in [2.05, 4.69) is 31.9 Å². The topological polar surface area (TPSA) is 79.5 Å². The Morgan fingerprint density at radius 1 is 0.909 bits per heavy atom. The number of thiocarbonyl (C=S) groups is 1. The Bertz CT molecular complexity index is 1170. The van der Waals surface area contributed by atoms with E-state index in [1.165, 1.54) is 0 Å². The van der Waals surface area contributed by atoms with E-state index in [-0.39, 0.29) is 16.9 Å². The van der Waals surface area contributed by atoms with Gasteiger partial charge in [-0.15, -0.1) is 0 Å². The van der Waals surface area contributed by atoms with Crippen LogP contribution < -0.4 is 20.7 Å². The number of carbonyl (C=O) groups is 2. The number of anilines is 2. The molecule has 0 saturated carbocycles. The molecule has 8 heteroatoms. The van der Waals surface area contributed by atoms with Crippen LogP contribution >= 0.6 is 28.1 Å². The molecule has 0 aliphatic rings. The Morgan fingerprint density at radius 2 is 1.58 bits per heavy atom. The van der Waals surface area contributed by atoms with Crippen molar-refractivity contribution in [2.45, 2.75) is 20.3 Å². The molecule has 3 rings (SSSR count). The van der Waals surface area contributed by atoms with E-state index < -0.39 is 0 Å². The third kappa shape index (κ3) is 6.87. The number of hydrogen-bond acceptors (Lipinski definition) is 4. The van der Waals surface area contributed by atoms with Gasteiger partial charge in [-0.1, -0.05) is 41.1 Å². The number of halogens is 1. The van der Waals surface area contributed by atoms with Gasteiger partial charge in [0.2, 0.25) is 0 Å². The van der Waals surface area contributed by atoms with Crippen LogP contribution in [0.2, 0.25) is 0 Å². The molecule has 2 amide bonds. The lowest BCUT2D eigenvalue weighted by atomic mass is 10.1. The second kappa shape index (κ2) is 11.6. The quantitative estimate of drug-likeness (QED) is 0.333. The van der Waals surface area contributed by atoms with Gasteiger partial charge in [-0.3, -0.25) is 14.9 Å². The van der Waals surface area contributed by atoms with E-state index in [0.717, 1.165) is 16.5 Å². The van der Waals surface area contributed by atoms with Gasteiger partial charge in [0.25, 0.3) is 11.8 Å². The monoisotopic (exact) mass is 525 g/mol. The molecule has 170 valence electrons. The predicted molar refractivity (Wildman–Crippen MR) is 139 cm³/mol. The zero-order chi connectivity index (χ0) is 23.8. The zero-order valence-electron chi connectivity index (χ0n) is 18.3. The summed E-state index contributed by atoms with van der Waals surface area (Å²) in [4.78, 5) is 25.2. The lowest BCUT2D eigenvalue weighted by molar-refractivity contribution is 0.0972. The number of ether oxygens (including phenoxy) is 1. The van der Waals surface area contributed by atoms with Crippen LogP contribution in [0.4, 0.5) is 11.4 Å². The molecule has 33 heavy (non-hydrogen) atoms. The maximum atomic E-state index is 12.7. The lowest BCUT2D eigenvalue weighted by Gasteiger charge is -2.13. The fraction of sp³-hybridized carbons (Fsp3) is 0.160. The predicted octanol–water partition coefficient (Wildman–Crippen LogP) is 5.93. The normalized spacial score (nSPS) is 10.3. The molecule has 0 radical (unpaired) electrons. The average Bonchev–Trinajstić information content (AvgIpc) is 2.79. The standard InChI is InChI=1S/C25H24BrN3O3S/c1-3-14-32-22-13-8-17(26)15-21(22)24(31)29-25(33)28-19-11-9-18(10-12-19)27-23(30)20-7-5-4-6-16(20)2/h4-13,15H,3,14H2,1-2H3,(H,27,30)(H2,28,29,31,33). The number of nitrogens with one attached hydrogen (secondary N) is 3. The first-order valence-corrected chi connectivity index (χ1v) is 11.6. The second-order valence-corrected chi connectivity index (χ2v) is 8.57. The maximum absolute atomic E-state index is 12.7. The Balaban J connectivity index is 1.60. The highest BCUT2D eigenvalue weighted by atomic mass is 79.9. The lowest BCUT2D eigenvalue weighted by Crippen LogP contribution is -2.34. The smallest absolute Gasteiger partial charge is 0.261 e. The van der Waals surface area contributed by atoms with Gasteiger partial charge < -0.3 is 15.4 Å². The number of carbonyl (C=O) groups excluding carboxylic acids is 2. The van der Waals surface area contributed by atoms with Crippen molar-refractivity contribution in [2.75, 3.05) is 17.2 Å². The van der Waals surface area contributed by atoms with Crippen molar-refractivity contribution in [2.24, 2.45) is 0 Å². The van der Waals surface area contributed by atoms with Gasteiger partial charge in [0.15, 0.2) is 5.11 Å². The van der Waals surface area contributed by atoms with Gasteiger partial charge in [0.05, 0.1) is 12.2 Å². The molecule has 0 aromatic heterocycles. The van der Waals surface area contributed by atoms with Crippen LogP contribution in [0.5, 0.6) is 5.75 Å². The molecule has 0 heterocycles. The molecule has 0 aliphatic heterocycles.